The van der Waals surface area contributed by atoms with Crippen LogP contribution in [-0.2, 0) is 6.54 Å². The van der Waals surface area contributed by atoms with Crippen molar-refractivity contribution in [3.05, 3.63) is 18.1 Å². The normalized spacial score (nSPS) is 23.0. The molecule has 4 nitrogen and oxygen atoms in total. The van der Waals surface area contributed by atoms with Crippen molar-refractivity contribution in [1.82, 2.24) is 15.3 Å². The SMILES string of the molecule is CC(C)CNCc1cncc(OC2CCC(C)CC2)n1. The lowest BCUT2D eigenvalue weighted by molar-refractivity contribution is 0.129. The summed E-state index contributed by atoms with van der Waals surface area (Å²) in [6.07, 6.45) is 8.64. The minimum atomic E-state index is 0.319. The minimum Gasteiger partial charge on any atom is -0.473 e. The van der Waals surface area contributed by atoms with E-state index in [1.54, 1.807) is 6.20 Å². The molecule has 0 atom stereocenters. The second kappa shape index (κ2) is 7.58. The molecule has 0 bridgehead atoms. The van der Waals surface area contributed by atoms with Crippen molar-refractivity contribution in [2.24, 2.45) is 11.8 Å². The molecule has 4 heteroatoms. The molecular formula is C16H27N3O. The molecule has 1 aliphatic carbocycles. The van der Waals surface area contributed by atoms with E-state index >= 15 is 0 Å². The second-order valence-electron chi connectivity index (χ2n) is 6.37. The topological polar surface area (TPSA) is 47.0 Å². The Morgan fingerprint density at radius 2 is 2.00 bits per heavy atom. The van der Waals surface area contributed by atoms with Gasteiger partial charge in [-0.25, -0.2) is 4.98 Å². The monoisotopic (exact) mass is 277 g/mol. The fourth-order valence-electron chi connectivity index (χ4n) is 2.54. The summed E-state index contributed by atoms with van der Waals surface area (Å²) in [5.41, 5.74) is 0.951. The number of nitrogens with zero attached hydrogens (tertiary/aromatic N) is 2. The first-order valence-electron chi connectivity index (χ1n) is 7.81. The smallest absolute Gasteiger partial charge is 0.232 e. The highest BCUT2D eigenvalue weighted by molar-refractivity contribution is 5.08. The van der Waals surface area contributed by atoms with Crippen LogP contribution in [0.4, 0.5) is 0 Å². The number of nitrogens with one attached hydrogen (secondary N) is 1. The van der Waals surface area contributed by atoms with E-state index < -0.39 is 0 Å². The summed E-state index contributed by atoms with van der Waals surface area (Å²) >= 11 is 0. The Kier molecular flexibility index (Phi) is 5.77. The van der Waals surface area contributed by atoms with E-state index in [4.69, 9.17) is 4.74 Å². The van der Waals surface area contributed by atoms with Crippen molar-refractivity contribution in [1.29, 1.82) is 0 Å². The van der Waals surface area contributed by atoms with E-state index in [1.165, 1.54) is 12.8 Å². The fourth-order valence-corrected chi connectivity index (χ4v) is 2.54. The lowest BCUT2D eigenvalue weighted by Gasteiger charge is -2.26. The average molecular weight is 277 g/mol. The van der Waals surface area contributed by atoms with Gasteiger partial charge in [0.1, 0.15) is 6.10 Å². The molecule has 1 fully saturated rings. The van der Waals surface area contributed by atoms with Gasteiger partial charge in [0.15, 0.2) is 0 Å². The Labute approximate surface area is 122 Å². The van der Waals surface area contributed by atoms with Gasteiger partial charge in [0, 0.05) is 12.7 Å². The minimum absolute atomic E-state index is 0.319. The van der Waals surface area contributed by atoms with Crippen molar-refractivity contribution >= 4 is 0 Å². The number of rotatable bonds is 6. The van der Waals surface area contributed by atoms with Gasteiger partial charge in [-0.2, -0.15) is 0 Å². The van der Waals surface area contributed by atoms with E-state index in [1.807, 2.05) is 6.20 Å². The third-order valence-corrected chi connectivity index (χ3v) is 3.77. The second-order valence-corrected chi connectivity index (χ2v) is 6.37. The predicted molar refractivity (Wildman–Crippen MR) is 80.6 cm³/mol. The van der Waals surface area contributed by atoms with Gasteiger partial charge in [-0.15, -0.1) is 0 Å². The van der Waals surface area contributed by atoms with Crippen LogP contribution in [0.1, 0.15) is 52.1 Å². The molecule has 1 heterocycles. The summed E-state index contributed by atoms with van der Waals surface area (Å²) in [7, 11) is 0. The summed E-state index contributed by atoms with van der Waals surface area (Å²) in [5, 5.41) is 3.38. The number of hydrogen-bond acceptors (Lipinski definition) is 4. The molecule has 1 aromatic rings. The van der Waals surface area contributed by atoms with Gasteiger partial charge in [0.2, 0.25) is 5.88 Å². The quantitative estimate of drug-likeness (QED) is 0.867. The van der Waals surface area contributed by atoms with Crippen LogP contribution in [0, 0.1) is 11.8 Å². The van der Waals surface area contributed by atoms with Crippen LogP contribution in [0.15, 0.2) is 12.4 Å². The van der Waals surface area contributed by atoms with Gasteiger partial charge in [-0.1, -0.05) is 20.8 Å². The highest BCUT2D eigenvalue weighted by atomic mass is 16.5. The Bertz CT molecular complexity index is 400. The van der Waals surface area contributed by atoms with Gasteiger partial charge in [-0.05, 0) is 44.1 Å². The van der Waals surface area contributed by atoms with E-state index in [0.717, 1.165) is 37.5 Å². The number of aromatic nitrogens is 2. The fraction of sp³-hybridized carbons (Fsp3) is 0.750. The molecule has 2 rings (SSSR count). The van der Waals surface area contributed by atoms with E-state index in [-0.39, 0.29) is 0 Å². The van der Waals surface area contributed by atoms with Crippen molar-refractivity contribution in [3.63, 3.8) is 0 Å². The third kappa shape index (κ3) is 5.08. The number of ether oxygens (including phenoxy) is 1. The summed E-state index contributed by atoms with van der Waals surface area (Å²) in [5.74, 6) is 2.16. The van der Waals surface area contributed by atoms with E-state index in [9.17, 15) is 0 Å². The van der Waals surface area contributed by atoms with Crippen LogP contribution in [0.25, 0.3) is 0 Å². The molecule has 0 spiro atoms. The predicted octanol–water partition coefficient (Wildman–Crippen LogP) is 3.18. The standard InChI is InChI=1S/C16H27N3O/c1-12(2)8-17-9-14-10-18-11-16(19-14)20-15-6-4-13(3)5-7-15/h10-13,15,17H,4-9H2,1-3H3. The molecule has 20 heavy (non-hydrogen) atoms. The summed E-state index contributed by atoms with van der Waals surface area (Å²) < 4.78 is 5.97. The highest BCUT2D eigenvalue weighted by Gasteiger charge is 2.20. The van der Waals surface area contributed by atoms with Gasteiger partial charge in [0.05, 0.1) is 11.9 Å². The van der Waals surface area contributed by atoms with Crippen molar-refractivity contribution in [3.8, 4) is 5.88 Å². The van der Waals surface area contributed by atoms with Crippen LogP contribution >= 0.6 is 0 Å². The Morgan fingerprint density at radius 1 is 1.25 bits per heavy atom. The molecule has 0 saturated heterocycles. The average Bonchev–Trinajstić information content (AvgIpc) is 2.41. The van der Waals surface area contributed by atoms with Crippen molar-refractivity contribution in [2.75, 3.05) is 6.54 Å². The molecule has 1 N–H and O–H groups in total. The molecule has 0 radical (unpaired) electrons. The van der Waals surface area contributed by atoms with Gasteiger partial charge < -0.3 is 10.1 Å². The van der Waals surface area contributed by atoms with Crippen molar-refractivity contribution < 1.29 is 4.74 Å². The summed E-state index contributed by atoms with van der Waals surface area (Å²) in [6.45, 7) is 8.46. The summed E-state index contributed by atoms with van der Waals surface area (Å²) in [4.78, 5) is 8.77. The zero-order chi connectivity index (χ0) is 14.4. The molecule has 1 aromatic heterocycles. The number of hydrogen-bond donors (Lipinski definition) is 1. The largest absolute Gasteiger partial charge is 0.473 e. The van der Waals surface area contributed by atoms with E-state index in [0.29, 0.717) is 17.9 Å². The Morgan fingerprint density at radius 3 is 2.70 bits per heavy atom. The van der Waals surface area contributed by atoms with Crippen LogP contribution in [0.5, 0.6) is 5.88 Å². The maximum absolute atomic E-state index is 5.97. The molecular weight excluding hydrogens is 250 g/mol. The maximum atomic E-state index is 5.97. The molecule has 1 aliphatic rings. The van der Waals surface area contributed by atoms with Crippen molar-refractivity contribution in [2.45, 2.75) is 59.1 Å². The van der Waals surface area contributed by atoms with Crippen LogP contribution < -0.4 is 10.1 Å². The molecule has 112 valence electrons. The summed E-state index contributed by atoms with van der Waals surface area (Å²) in [6, 6.07) is 0. The lowest BCUT2D eigenvalue weighted by atomic mass is 9.89. The van der Waals surface area contributed by atoms with Crippen LogP contribution in [0.2, 0.25) is 0 Å². The zero-order valence-corrected chi connectivity index (χ0v) is 12.9. The first kappa shape index (κ1) is 15.2. The van der Waals surface area contributed by atoms with Gasteiger partial charge in [0.25, 0.3) is 0 Å². The Balaban J connectivity index is 1.82. The van der Waals surface area contributed by atoms with Gasteiger partial charge in [-0.3, -0.25) is 4.98 Å². The first-order valence-corrected chi connectivity index (χ1v) is 7.81. The van der Waals surface area contributed by atoms with Gasteiger partial charge >= 0.3 is 0 Å². The molecule has 1 saturated carbocycles. The zero-order valence-electron chi connectivity index (χ0n) is 12.9. The molecule has 0 aromatic carbocycles. The molecule has 0 aliphatic heterocycles. The van der Waals surface area contributed by atoms with E-state index in [2.05, 4.69) is 36.1 Å². The highest BCUT2D eigenvalue weighted by Crippen LogP contribution is 2.26. The molecule has 0 unspecified atom stereocenters. The lowest BCUT2D eigenvalue weighted by Crippen LogP contribution is -2.24. The van der Waals surface area contributed by atoms with Crippen LogP contribution in [0.3, 0.4) is 0 Å². The van der Waals surface area contributed by atoms with Crippen LogP contribution in [-0.4, -0.2) is 22.6 Å². The maximum Gasteiger partial charge on any atom is 0.232 e. The molecule has 0 amide bonds. The third-order valence-electron chi connectivity index (χ3n) is 3.77. The Hall–Kier alpha value is -1.16. The first-order chi connectivity index (χ1) is 9.63.